The Hall–Kier alpha value is -2.01. The van der Waals surface area contributed by atoms with Crippen LogP contribution in [0.3, 0.4) is 0 Å². The molecule has 0 unspecified atom stereocenters. The third-order valence-corrected chi connectivity index (χ3v) is 3.53. The molecule has 0 atom stereocenters. The Morgan fingerprint density at radius 3 is 2.76 bits per heavy atom. The number of benzene rings is 1. The highest BCUT2D eigenvalue weighted by Gasteiger charge is 2.07. The fourth-order valence-corrected chi connectivity index (χ4v) is 2.33. The van der Waals surface area contributed by atoms with Crippen LogP contribution >= 0.6 is 0 Å². The van der Waals surface area contributed by atoms with Gasteiger partial charge in [-0.25, -0.2) is 4.68 Å². The van der Waals surface area contributed by atoms with E-state index in [-0.39, 0.29) is 0 Å². The van der Waals surface area contributed by atoms with Gasteiger partial charge in [-0.15, -0.1) is 0 Å². The molecule has 0 spiro atoms. The molecule has 1 heterocycles. The van der Waals surface area contributed by atoms with Gasteiger partial charge in [0, 0.05) is 19.2 Å². The largest absolute Gasteiger partial charge is 0.496 e. The van der Waals surface area contributed by atoms with Crippen LogP contribution in [-0.2, 0) is 20.0 Å². The molecule has 0 saturated carbocycles. The number of methoxy groups -OCH3 is 2. The van der Waals surface area contributed by atoms with Gasteiger partial charge in [0.25, 0.3) is 0 Å². The van der Waals surface area contributed by atoms with Crippen LogP contribution in [0.5, 0.6) is 11.6 Å². The summed E-state index contributed by atoms with van der Waals surface area (Å²) in [6, 6.07) is 6.34. The van der Waals surface area contributed by atoms with Crippen LogP contribution in [0.15, 0.2) is 24.4 Å². The topological polar surface area (TPSA) is 48.3 Å². The van der Waals surface area contributed by atoms with Gasteiger partial charge in [-0.1, -0.05) is 12.1 Å². The van der Waals surface area contributed by atoms with Gasteiger partial charge in [-0.05, 0) is 37.1 Å². The molecule has 0 radical (unpaired) electrons. The van der Waals surface area contributed by atoms with Crippen molar-refractivity contribution >= 4 is 0 Å². The number of nitrogens with one attached hydrogen (secondary N) is 1. The lowest BCUT2D eigenvalue weighted by molar-refractivity contribution is 0.368. The van der Waals surface area contributed by atoms with E-state index >= 15 is 0 Å². The number of hydrogen-bond donors (Lipinski definition) is 1. The monoisotopic (exact) mass is 289 g/mol. The van der Waals surface area contributed by atoms with Crippen molar-refractivity contribution in [2.45, 2.75) is 19.9 Å². The van der Waals surface area contributed by atoms with Crippen LogP contribution < -0.4 is 14.8 Å². The predicted octanol–water partition coefficient (Wildman–Crippen LogP) is 2.08. The number of aryl methyl sites for hydroxylation is 2. The average Bonchev–Trinajstić information content (AvgIpc) is 2.85. The minimum Gasteiger partial charge on any atom is -0.496 e. The zero-order chi connectivity index (χ0) is 15.2. The summed E-state index contributed by atoms with van der Waals surface area (Å²) in [6.07, 6.45) is 2.79. The summed E-state index contributed by atoms with van der Waals surface area (Å²) in [4.78, 5) is 0. The van der Waals surface area contributed by atoms with Gasteiger partial charge >= 0.3 is 0 Å². The fourth-order valence-electron chi connectivity index (χ4n) is 2.33. The SMILES string of the molecule is COc1cc(CCNCc2cnn(C)c2OC)ccc1C. The first-order valence-electron chi connectivity index (χ1n) is 7.04. The average molecular weight is 289 g/mol. The summed E-state index contributed by atoms with van der Waals surface area (Å²) in [5.41, 5.74) is 3.50. The Bertz CT molecular complexity index is 593. The van der Waals surface area contributed by atoms with Crippen molar-refractivity contribution in [3.05, 3.63) is 41.1 Å². The van der Waals surface area contributed by atoms with Crippen LogP contribution in [-0.4, -0.2) is 30.5 Å². The number of ether oxygens (including phenoxy) is 2. The molecule has 21 heavy (non-hydrogen) atoms. The van der Waals surface area contributed by atoms with E-state index in [1.807, 2.05) is 13.2 Å². The third kappa shape index (κ3) is 3.76. The van der Waals surface area contributed by atoms with Crippen molar-refractivity contribution < 1.29 is 9.47 Å². The van der Waals surface area contributed by atoms with Crippen molar-refractivity contribution in [3.63, 3.8) is 0 Å². The van der Waals surface area contributed by atoms with Crippen LogP contribution in [0.1, 0.15) is 16.7 Å². The summed E-state index contributed by atoms with van der Waals surface area (Å²) in [5, 5.41) is 7.61. The minimum atomic E-state index is 0.750. The van der Waals surface area contributed by atoms with Gasteiger partial charge < -0.3 is 14.8 Å². The first-order chi connectivity index (χ1) is 10.2. The Balaban J connectivity index is 1.84. The molecule has 0 fully saturated rings. The zero-order valence-corrected chi connectivity index (χ0v) is 13.1. The number of rotatable bonds is 7. The molecule has 114 valence electrons. The minimum absolute atomic E-state index is 0.750. The fraction of sp³-hybridized carbons (Fsp3) is 0.438. The van der Waals surface area contributed by atoms with E-state index < -0.39 is 0 Å². The molecule has 0 saturated heterocycles. The maximum atomic E-state index is 5.35. The second-order valence-electron chi connectivity index (χ2n) is 5.03. The molecule has 2 aromatic rings. The van der Waals surface area contributed by atoms with Gasteiger partial charge in [-0.2, -0.15) is 5.10 Å². The van der Waals surface area contributed by atoms with Crippen molar-refractivity contribution in [2.75, 3.05) is 20.8 Å². The van der Waals surface area contributed by atoms with E-state index in [4.69, 9.17) is 9.47 Å². The van der Waals surface area contributed by atoms with Crippen LogP contribution in [0.25, 0.3) is 0 Å². The van der Waals surface area contributed by atoms with Gasteiger partial charge in [-0.3, -0.25) is 0 Å². The molecule has 0 amide bonds. The molecule has 1 aromatic heterocycles. The lowest BCUT2D eigenvalue weighted by Crippen LogP contribution is -2.17. The number of aromatic nitrogens is 2. The van der Waals surface area contributed by atoms with Crippen LogP contribution in [0.4, 0.5) is 0 Å². The van der Waals surface area contributed by atoms with E-state index in [0.29, 0.717) is 0 Å². The van der Waals surface area contributed by atoms with Gasteiger partial charge in [0.1, 0.15) is 5.75 Å². The Kier molecular flexibility index (Phi) is 5.22. The summed E-state index contributed by atoms with van der Waals surface area (Å²) < 4.78 is 12.4. The second-order valence-corrected chi connectivity index (χ2v) is 5.03. The quantitative estimate of drug-likeness (QED) is 0.793. The molecular weight excluding hydrogens is 266 g/mol. The number of nitrogens with zero attached hydrogens (tertiary/aromatic N) is 2. The lowest BCUT2D eigenvalue weighted by Gasteiger charge is -2.09. The molecule has 0 aliphatic heterocycles. The predicted molar refractivity (Wildman–Crippen MR) is 82.9 cm³/mol. The van der Waals surface area contributed by atoms with E-state index in [1.54, 1.807) is 18.9 Å². The number of hydrogen-bond acceptors (Lipinski definition) is 4. The third-order valence-electron chi connectivity index (χ3n) is 3.53. The molecule has 0 bridgehead atoms. The molecule has 0 aliphatic rings. The smallest absolute Gasteiger partial charge is 0.215 e. The van der Waals surface area contributed by atoms with Crippen LogP contribution in [0, 0.1) is 6.92 Å². The van der Waals surface area contributed by atoms with Crippen molar-refractivity contribution in [2.24, 2.45) is 7.05 Å². The maximum absolute atomic E-state index is 5.35. The second kappa shape index (κ2) is 7.13. The maximum Gasteiger partial charge on any atom is 0.215 e. The standard InChI is InChI=1S/C16H23N3O2/c1-12-5-6-13(9-15(12)20-3)7-8-17-10-14-11-18-19(2)16(14)21-4/h5-6,9,11,17H,7-8,10H2,1-4H3. The highest BCUT2D eigenvalue weighted by molar-refractivity contribution is 5.36. The molecule has 1 aromatic carbocycles. The summed E-state index contributed by atoms with van der Waals surface area (Å²) in [7, 11) is 5.25. The molecule has 5 heteroatoms. The van der Waals surface area contributed by atoms with Crippen molar-refractivity contribution in [1.29, 1.82) is 0 Å². The lowest BCUT2D eigenvalue weighted by atomic mass is 10.1. The molecule has 0 aliphatic carbocycles. The van der Waals surface area contributed by atoms with E-state index in [2.05, 4.69) is 35.5 Å². The summed E-state index contributed by atoms with van der Waals surface area (Å²) >= 11 is 0. The van der Waals surface area contributed by atoms with Gasteiger partial charge in [0.2, 0.25) is 5.88 Å². The van der Waals surface area contributed by atoms with E-state index in [0.717, 1.165) is 42.3 Å². The zero-order valence-electron chi connectivity index (χ0n) is 13.1. The van der Waals surface area contributed by atoms with Crippen molar-refractivity contribution in [1.82, 2.24) is 15.1 Å². The first-order valence-corrected chi connectivity index (χ1v) is 7.04. The highest BCUT2D eigenvalue weighted by atomic mass is 16.5. The Morgan fingerprint density at radius 1 is 1.24 bits per heavy atom. The molecule has 1 N–H and O–H groups in total. The molecule has 5 nitrogen and oxygen atoms in total. The highest BCUT2D eigenvalue weighted by Crippen LogP contribution is 2.19. The Morgan fingerprint density at radius 2 is 2.05 bits per heavy atom. The van der Waals surface area contributed by atoms with Gasteiger partial charge in [0.05, 0.1) is 20.4 Å². The van der Waals surface area contributed by atoms with E-state index in [9.17, 15) is 0 Å². The molecular formula is C16H23N3O2. The molecule has 2 rings (SSSR count). The summed E-state index contributed by atoms with van der Waals surface area (Å²) in [5.74, 6) is 1.75. The Labute approximate surface area is 125 Å². The van der Waals surface area contributed by atoms with Crippen LogP contribution in [0.2, 0.25) is 0 Å². The van der Waals surface area contributed by atoms with Gasteiger partial charge in [0.15, 0.2) is 0 Å². The normalized spacial score (nSPS) is 10.7. The van der Waals surface area contributed by atoms with Crippen molar-refractivity contribution in [3.8, 4) is 11.6 Å². The summed E-state index contributed by atoms with van der Waals surface area (Å²) in [6.45, 7) is 3.69. The first kappa shape index (κ1) is 15.4. The van der Waals surface area contributed by atoms with E-state index in [1.165, 1.54) is 5.56 Å².